The molecule has 40 heavy (non-hydrogen) atoms. The van der Waals surface area contributed by atoms with E-state index in [-0.39, 0.29) is 35.7 Å². The van der Waals surface area contributed by atoms with Crippen molar-refractivity contribution in [3.63, 3.8) is 0 Å². The molecule has 0 amide bonds. The van der Waals surface area contributed by atoms with E-state index in [2.05, 4.69) is 40.1 Å². The Morgan fingerprint density at radius 2 is 1.95 bits per heavy atom. The van der Waals surface area contributed by atoms with Crippen LogP contribution in [-0.4, -0.2) is 56.0 Å². The zero-order valence-corrected chi connectivity index (χ0v) is 25.1. The highest BCUT2D eigenvalue weighted by Crippen LogP contribution is 2.66. The number of allylic oxidation sites excluding steroid dienone is 1. The van der Waals surface area contributed by atoms with Crippen molar-refractivity contribution in [3.05, 3.63) is 28.8 Å². The second-order valence-electron chi connectivity index (χ2n) is 15.0. The van der Waals surface area contributed by atoms with Gasteiger partial charge in [-0.05, 0) is 91.6 Å². The Morgan fingerprint density at radius 3 is 2.75 bits per heavy atom. The van der Waals surface area contributed by atoms with Gasteiger partial charge in [-0.3, -0.25) is 4.79 Å². The van der Waals surface area contributed by atoms with E-state index in [4.69, 9.17) is 14.2 Å². The van der Waals surface area contributed by atoms with E-state index in [1.54, 1.807) is 7.11 Å². The Hall–Kier alpha value is -2.05. The van der Waals surface area contributed by atoms with Crippen molar-refractivity contribution in [2.75, 3.05) is 34.5 Å². The molecule has 2 aliphatic heterocycles. The summed E-state index contributed by atoms with van der Waals surface area (Å²) in [6.45, 7) is 6.16. The normalized spacial score (nSPS) is 40.8. The first-order valence-electron chi connectivity index (χ1n) is 15.8. The summed E-state index contributed by atoms with van der Waals surface area (Å²) in [5.41, 5.74) is 4.23. The van der Waals surface area contributed by atoms with Crippen molar-refractivity contribution in [3.8, 4) is 17.2 Å². The third-order valence-corrected chi connectivity index (χ3v) is 12.9. The molecule has 3 fully saturated rings. The van der Waals surface area contributed by atoms with E-state index < -0.39 is 0 Å². The molecule has 218 valence electrons. The number of aliphatic hydroxyl groups excluding tert-OH is 1. The first-order valence-corrected chi connectivity index (χ1v) is 15.8. The number of fused-ring (bicyclic) bond motifs is 7. The van der Waals surface area contributed by atoms with E-state index >= 15 is 0 Å². The van der Waals surface area contributed by atoms with Crippen LogP contribution in [-0.2, 0) is 11.2 Å². The maximum Gasteiger partial charge on any atom is 0.231 e. The van der Waals surface area contributed by atoms with Crippen molar-refractivity contribution in [2.45, 2.75) is 90.2 Å². The molecule has 1 N–H and O–H groups in total. The van der Waals surface area contributed by atoms with Gasteiger partial charge in [-0.1, -0.05) is 25.5 Å². The number of ether oxygens (including phenoxy) is 3. The lowest BCUT2D eigenvalue weighted by molar-refractivity contribution is -0.922. The average molecular weight is 551 g/mol. The molecule has 0 bridgehead atoms. The standard InChI is InChI=1S/C34H48NO5/c1-33-13-10-22(36)17-21(33)6-7-23-24-8-9-26(34(24,2)14-11-25(23)33)28(37)18-27-30-20(12-15-35(27,3)4)16-29-31(32(30)38-5)40-19-39-29/h6,16,22-27,36H,7-15,17-19H2,1-5H3/q+1/t22-,23-,24-,25-,26+,27-,33-,34-/m0/s1. The minimum atomic E-state index is -0.162. The zero-order chi connectivity index (χ0) is 28.0. The number of carbonyl (C=O) groups excluding carboxylic acids is 1. The Balaban J connectivity index is 1.16. The maximum atomic E-state index is 14.4. The van der Waals surface area contributed by atoms with Gasteiger partial charge in [-0.15, -0.1) is 0 Å². The Morgan fingerprint density at radius 1 is 1.12 bits per heavy atom. The summed E-state index contributed by atoms with van der Waals surface area (Å²) in [5.74, 6) is 4.79. The molecular formula is C34H48NO5+. The van der Waals surface area contributed by atoms with E-state index in [0.29, 0.717) is 35.7 Å². The number of likely N-dealkylation sites (N-methyl/N-ethyl adjacent to an activating group) is 1. The molecule has 4 aliphatic carbocycles. The minimum Gasteiger partial charge on any atom is -0.492 e. The van der Waals surface area contributed by atoms with Gasteiger partial charge < -0.3 is 23.8 Å². The first-order chi connectivity index (χ1) is 19.1. The summed E-state index contributed by atoms with van der Waals surface area (Å²) < 4.78 is 18.3. The second-order valence-corrected chi connectivity index (χ2v) is 15.0. The highest BCUT2D eigenvalue weighted by atomic mass is 16.7. The SMILES string of the molecule is COc1c2c(cc3c1[C@H](CC(=O)[C@H]1CC[C@H]4[C@@H]5CC=C6C[C@@H](O)CC[C@]6(C)[C@H]5CC[C@]14C)[N+](C)(C)CC3)OCO2. The van der Waals surface area contributed by atoms with Crippen LogP contribution in [0.4, 0.5) is 0 Å². The Bertz CT molecular complexity index is 1250. The van der Waals surface area contributed by atoms with Crippen molar-refractivity contribution < 1.29 is 28.6 Å². The third-order valence-electron chi connectivity index (χ3n) is 12.9. The zero-order valence-electron chi connectivity index (χ0n) is 25.1. The molecule has 0 aromatic heterocycles. The van der Waals surface area contributed by atoms with Gasteiger partial charge in [-0.25, -0.2) is 0 Å². The molecule has 6 nitrogen and oxygen atoms in total. The number of quaternary nitrogens is 1. The fourth-order valence-corrected chi connectivity index (χ4v) is 10.6. The van der Waals surface area contributed by atoms with Crippen LogP contribution in [0, 0.1) is 34.5 Å². The summed E-state index contributed by atoms with van der Waals surface area (Å²) >= 11 is 0. The maximum absolute atomic E-state index is 14.4. The molecule has 0 unspecified atom stereocenters. The van der Waals surface area contributed by atoms with E-state index in [1.165, 1.54) is 24.0 Å². The summed E-state index contributed by atoms with van der Waals surface area (Å²) in [7, 11) is 6.25. The molecule has 1 aromatic rings. The molecule has 0 saturated heterocycles. The average Bonchev–Trinajstić information content (AvgIpc) is 3.53. The van der Waals surface area contributed by atoms with Gasteiger partial charge in [0.15, 0.2) is 11.5 Å². The Labute approximate surface area is 239 Å². The van der Waals surface area contributed by atoms with Crippen LogP contribution >= 0.6 is 0 Å². The lowest BCUT2D eigenvalue weighted by Gasteiger charge is -2.58. The number of methoxy groups -OCH3 is 1. The highest BCUT2D eigenvalue weighted by Gasteiger charge is 2.60. The van der Waals surface area contributed by atoms with Crippen molar-refractivity contribution in [1.82, 2.24) is 0 Å². The third kappa shape index (κ3) is 3.77. The van der Waals surface area contributed by atoms with Gasteiger partial charge in [0, 0.05) is 12.3 Å². The fraction of sp³-hybridized carbons (Fsp3) is 0.735. The van der Waals surface area contributed by atoms with Crippen LogP contribution in [0.3, 0.4) is 0 Å². The van der Waals surface area contributed by atoms with Crippen LogP contribution in [0.2, 0.25) is 0 Å². The van der Waals surface area contributed by atoms with Gasteiger partial charge in [0.2, 0.25) is 12.5 Å². The molecular weight excluding hydrogens is 502 g/mol. The molecule has 7 rings (SSSR count). The van der Waals surface area contributed by atoms with E-state index in [9.17, 15) is 9.90 Å². The smallest absolute Gasteiger partial charge is 0.231 e. The van der Waals surface area contributed by atoms with Crippen molar-refractivity contribution in [1.29, 1.82) is 0 Å². The lowest BCUT2D eigenvalue weighted by Crippen LogP contribution is -2.52. The molecule has 8 atom stereocenters. The largest absolute Gasteiger partial charge is 0.492 e. The number of ketones is 1. The highest BCUT2D eigenvalue weighted by molar-refractivity contribution is 5.83. The number of carbonyl (C=O) groups is 1. The molecule has 3 saturated carbocycles. The van der Waals surface area contributed by atoms with Crippen molar-refractivity contribution in [2.24, 2.45) is 34.5 Å². The monoisotopic (exact) mass is 550 g/mol. The molecule has 0 radical (unpaired) electrons. The summed E-state index contributed by atoms with van der Waals surface area (Å²) in [4.78, 5) is 14.4. The number of nitrogens with zero attached hydrogens (tertiary/aromatic N) is 1. The van der Waals surface area contributed by atoms with E-state index in [0.717, 1.165) is 73.0 Å². The number of benzene rings is 1. The number of hydrogen-bond donors (Lipinski definition) is 1. The first kappa shape index (κ1) is 26.8. The topological polar surface area (TPSA) is 65.0 Å². The molecule has 0 spiro atoms. The van der Waals surface area contributed by atoms with Crippen LogP contribution in [0.5, 0.6) is 17.2 Å². The molecule has 6 aliphatic rings. The van der Waals surface area contributed by atoms with Crippen LogP contribution in [0.1, 0.15) is 88.8 Å². The summed E-state index contributed by atoms with van der Waals surface area (Å²) in [5, 5.41) is 10.4. The summed E-state index contributed by atoms with van der Waals surface area (Å²) in [6.07, 6.45) is 12.5. The van der Waals surface area contributed by atoms with Gasteiger partial charge in [0.05, 0.1) is 45.8 Å². The van der Waals surface area contributed by atoms with E-state index in [1.807, 2.05) is 0 Å². The minimum absolute atomic E-state index is 0.0486. The van der Waals surface area contributed by atoms with Gasteiger partial charge in [0.25, 0.3) is 0 Å². The fourth-order valence-electron chi connectivity index (χ4n) is 10.6. The van der Waals surface area contributed by atoms with Crippen LogP contribution in [0.15, 0.2) is 17.7 Å². The number of hydrogen-bond acceptors (Lipinski definition) is 5. The van der Waals surface area contributed by atoms with Crippen LogP contribution < -0.4 is 14.2 Å². The number of rotatable bonds is 4. The van der Waals surface area contributed by atoms with Gasteiger partial charge in [0.1, 0.15) is 11.8 Å². The quantitative estimate of drug-likeness (QED) is 0.368. The number of aliphatic hydroxyl groups is 1. The van der Waals surface area contributed by atoms with Gasteiger partial charge in [-0.2, -0.15) is 0 Å². The van der Waals surface area contributed by atoms with Crippen LogP contribution in [0.25, 0.3) is 0 Å². The lowest BCUT2D eigenvalue weighted by atomic mass is 9.47. The predicted octanol–water partition coefficient (Wildman–Crippen LogP) is 6.00. The molecule has 6 heteroatoms. The van der Waals surface area contributed by atoms with Gasteiger partial charge >= 0.3 is 0 Å². The second kappa shape index (κ2) is 9.22. The molecule has 1 aromatic carbocycles. The number of Topliss-reactive ketones (excluding diaryl/α,β-unsaturated/α-hetero) is 1. The Kier molecular flexibility index (Phi) is 6.19. The van der Waals surface area contributed by atoms with Crippen molar-refractivity contribution >= 4 is 5.78 Å². The predicted molar refractivity (Wildman–Crippen MR) is 153 cm³/mol. The summed E-state index contributed by atoms with van der Waals surface area (Å²) in [6, 6.07) is 2.17. The molecule has 2 heterocycles.